The fourth-order valence-electron chi connectivity index (χ4n) is 2.42. The lowest BCUT2D eigenvalue weighted by Gasteiger charge is -2.22. The van der Waals surface area contributed by atoms with E-state index < -0.39 is 17.6 Å². The summed E-state index contributed by atoms with van der Waals surface area (Å²) in [4.78, 5) is 9.68. The van der Waals surface area contributed by atoms with Crippen LogP contribution in [0.1, 0.15) is 12.5 Å². The molecule has 0 fully saturated rings. The van der Waals surface area contributed by atoms with Gasteiger partial charge in [-0.15, -0.1) is 0 Å². The van der Waals surface area contributed by atoms with Crippen LogP contribution in [0, 0.1) is 0 Å². The Hall–Kier alpha value is -2.61. The third kappa shape index (κ3) is 4.57. The number of ether oxygens (including phenoxy) is 1. The molecule has 0 amide bonds. The molecule has 8 heteroatoms. The number of para-hydroxylation sites is 1. The first kappa shape index (κ1) is 19.2. The highest BCUT2D eigenvalue weighted by Gasteiger charge is 2.37. The minimum atomic E-state index is -4.63. The molecular weight excluding hydrogens is 423 g/mol. The van der Waals surface area contributed by atoms with E-state index in [1.165, 1.54) is 0 Å². The predicted octanol–water partition coefficient (Wildman–Crippen LogP) is 6.21. The molecule has 2 aromatic carbocycles. The Morgan fingerprint density at radius 2 is 1.70 bits per heavy atom. The zero-order valence-electron chi connectivity index (χ0n) is 14.2. The molecule has 0 saturated carbocycles. The van der Waals surface area contributed by atoms with Crippen molar-refractivity contribution in [3.8, 4) is 11.6 Å². The summed E-state index contributed by atoms with van der Waals surface area (Å²) in [5, 5.41) is 0. The number of hydrogen-bond acceptors (Lipinski definition) is 4. The fraction of sp³-hybridized carbons (Fsp3) is 0.158. The Morgan fingerprint density at radius 1 is 1.04 bits per heavy atom. The van der Waals surface area contributed by atoms with Gasteiger partial charge in [-0.1, -0.05) is 34.1 Å². The highest BCUT2D eigenvalue weighted by molar-refractivity contribution is 9.10. The Morgan fingerprint density at radius 3 is 2.30 bits per heavy atom. The molecule has 0 bridgehead atoms. The number of hydrogen-bond donors (Lipinski definition) is 0. The minimum absolute atomic E-state index is 0.124. The summed E-state index contributed by atoms with van der Waals surface area (Å²) in [5.41, 5.74) is -0.270. The third-order valence-corrected chi connectivity index (χ3v) is 4.23. The van der Waals surface area contributed by atoms with Crippen molar-refractivity contribution in [2.75, 3.05) is 11.4 Å². The lowest BCUT2D eigenvalue weighted by Crippen LogP contribution is -2.20. The van der Waals surface area contributed by atoms with E-state index in [-0.39, 0.29) is 11.7 Å². The maximum atomic E-state index is 13.4. The van der Waals surface area contributed by atoms with E-state index in [1.54, 1.807) is 35.2 Å². The van der Waals surface area contributed by atoms with Crippen molar-refractivity contribution in [2.45, 2.75) is 13.1 Å². The standard InChI is InChI=1S/C19H15BrF3N3O/c1-2-26(14-10-8-13(20)9-11-14)18-24-12-16(19(21,22)23)17(25-18)27-15-6-4-3-5-7-15/h3-12H,2H2,1H3. The number of nitrogens with zero attached hydrogens (tertiary/aromatic N) is 3. The van der Waals surface area contributed by atoms with Crippen LogP contribution in [0.25, 0.3) is 0 Å². The summed E-state index contributed by atoms with van der Waals surface area (Å²) in [6, 6.07) is 15.5. The number of benzene rings is 2. The van der Waals surface area contributed by atoms with Gasteiger partial charge in [0.25, 0.3) is 0 Å². The first-order valence-corrected chi connectivity index (χ1v) is 8.88. The maximum Gasteiger partial charge on any atom is 0.423 e. The molecule has 1 aromatic heterocycles. The summed E-state index contributed by atoms with van der Waals surface area (Å²) in [7, 11) is 0. The van der Waals surface area contributed by atoms with Crippen LogP contribution in [0.5, 0.6) is 11.6 Å². The SMILES string of the molecule is CCN(c1ccc(Br)cc1)c1ncc(C(F)(F)F)c(Oc2ccccc2)n1. The topological polar surface area (TPSA) is 38.2 Å². The second kappa shape index (κ2) is 7.96. The average molecular weight is 438 g/mol. The molecule has 3 aromatic rings. The van der Waals surface area contributed by atoms with Gasteiger partial charge < -0.3 is 9.64 Å². The van der Waals surface area contributed by atoms with E-state index in [2.05, 4.69) is 25.9 Å². The number of rotatable bonds is 5. The van der Waals surface area contributed by atoms with Crippen molar-refractivity contribution >= 4 is 27.6 Å². The van der Waals surface area contributed by atoms with Gasteiger partial charge in [0.2, 0.25) is 11.8 Å². The van der Waals surface area contributed by atoms with Crippen molar-refractivity contribution in [1.82, 2.24) is 9.97 Å². The molecule has 4 nitrogen and oxygen atoms in total. The van der Waals surface area contributed by atoms with E-state index >= 15 is 0 Å². The van der Waals surface area contributed by atoms with Crippen LogP contribution in [0.2, 0.25) is 0 Å². The van der Waals surface area contributed by atoms with Crippen LogP contribution < -0.4 is 9.64 Å². The molecule has 0 radical (unpaired) electrons. The van der Waals surface area contributed by atoms with Crippen LogP contribution in [0.15, 0.2) is 65.3 Å². The van der Waals surface area contributed by atoms with Gasteiger partial charge in [0.05, 0.1) is 0 Å². The Balaban J connectivity index is 2.03. The molecule has 0 N–H and O–H groups in total. The molecule has 1 heterocycles. The number of alkyl halides is 3. The zero-order valence-corrected chi connectivity index (χ0v) is 15.8. The minimum Gasteiger partial charge on any atom is -0.438 e. The largest absolute Gasteiger partial charge is 0.438 e. The van der Waals surface area contributed by atoms with E-state index in [1.807, 2.05) is 31.2 Å². The van der Waals surface area contributed by atoms with Crippen LogP contribution in [0.4, 0.5) is 24.8 Å². The van der Waals surface area contributed by atoms with Gasteiger partial charge in [-0.25, -0.2) is 4.98 Å². The van der Waals surface area contributed by atoms with Crippen LogP contribution in [0.3, 0.4) is 0 Å². The molecule has 0 spiro atoms. The highest BCUT2D eigenvalue weighted by Crippen LogP contribution is 2.38. The first-order valence-electron chi connectivity index (χ1n) is 8.08. The molecule has 0 saturated heterocycles. The lowest BCUT2D eigenvalue weighted by atomic mass is 10.3. The number of halogens is 4. The normalized spacial score (nSPS) is 11.3. The summed E-state index contributed by atoms with van der Waals surface area (Å²) < 4.78 is 46.4. The quantitative estimate of drug-likeness (QED) is 0.475. The molecule has 0 aliphatic carbocycles. The predicted molar refractivity (Wildman–Crippen MR) is 100 cm³/mol. The van der Waals surface area contributed by atoms with Gasteiger partial charge >= 0.3 is 6.18 Å². The molecule has 0 unspecified atom stereocenters. The smallest absolute Gasteiger partial charge is 0.423 e. The van der Waals surface area contributed by atoms with E-state index in [4.69, 9.17) is 4.74 Å². The zero-order chi connectivity index (χ0) is 19.4. The Bertz CT molecular complexity index is 902. The molecule has 0 aliphatic heterocycles. The summed E-state index contributed by atoms with van der Waals surface area (Å²) in [6.45, 7) is 2.33. The number of aromatic nitrogens is 2. The van der Waals surface area contributed by atoms with E-state index in [9.17, 15) is 13.2 Å². The van der Waals surface area contributed by atoms with Gasteiger partial charge in [-0.2, -0.15) is 18.2 Å². The highest BCUT2D eigenvalue weighted by atomic mass is 79.9. The van der Waals surface area contributed by atoms with Gasteiger partial charge in [-0.3, -0.25) is 0 Å². The van der Waals surface area contributed by atoms with E-state index in [0.29, 0.717) is 6.54 Å². The summed E-state index contributed by atoms with van der Waals surface area (Å²) in [6.07, 6.45) is -3.88. The molecule has 3 rings (SSSR count). The fourth-order valence-corrected chi connectivity index (χ4v) is 2.68. The van der Waals surface area contributed by atoms with Crippen molar-refractivity contribution in [2.24, 2.45) is 0 Å². The lowest BCUT2D eigenvalue weighted by molar-refractivity contribution is -0.139. The van der Waals surface area contributed by atoms with Crippen molar-refractivity contribution in [3.63, 3.8) is 0 Å². The molecule has 0 atom stereocenters. The second-order valence-electron chi connectivity index (χ2n) is 5.52. The third-order valence-electron chi connectivity index (χ3n) is 3.70. The van der Waals surface area contributed by atoms with Crippen molar-refractivity contribution in [3.05, 3.63) is 70.8 Å². The van der Waals surface area contributed by atoms with Crippen LogP contribution in [-0.4, -0.2) is 16.5 Å². The van der Waals surface area contributed by atoms with E-state index in [0.717, 1.165) is 16.4 Å². The van der Waals surface area contributed by atoms with Gasteiger partial charge in [0.15, 0.2) is 0 Å². The van der Waals surface area contributed by atoms with Gasteiger partial charge in [0.1, 0.15) is 11.3 Å². The van der Waals surface area contributed by atoms with Gasteiger partial charge in [0, 0.05) is 22.9 Å². The summed E-state index contributed by atoms with van der Waals surface area (Å²) in [5.74, 6) is -0.146. The molecule has 0 aliphatic rings. The van der Waals surface area contributed by atoms with Crippen LogP contribution >= 0.6 is 15.9 Å². The second-order valence-corrected chi connectivity index (χ2v) is 6.44. The van der Waals surface area contributed by atoms with Crippen LogP contribution in [-0.2, 0) is 6.18 Å². The molecule has 27 heavy (non-hydrogen) atoms. The first-order chi connectivity index (χ1) is 12.9. The Kier molecular flexibility index (Phi) is 5.65. The monoisotopic (exact) mass is 437 g/mol. The molecule has 140 valence electrons. The maximum absolute atomic E-state index is 13.4. The van der Waals surface area contributed by atoms with Crippen molar-refractivity contribution in [1.29, 1.82) is 0 Å². The number of anilines is 2. The molecular formula is C19H15BrF3N3O. The average Bonchev–Trinajstić information content (AvgIpc) is 2.64. The van der Waals surface area contributed by atoms with Crippen molar-refractivity contribution < 1.29 is 17.9 Å². The Labute approximate surface area is 162 Å². The summed E-state index contributed by atoms with van der Waals surface area (Å²) >= 11 is 3.36. The van der Waals surface area contributed by atoms with Gasteiger partial charge in [-0.05, 0) is 43.3 Å².